The van der Waals surface area contributed by atoms with E-state index < -0.39 is 0 Å². The maximum absolute atomic E-state index is 13.6. The fourth-order valence-corrected chi connectivity index (χ4v) is 4.99. The topological polar surface area (TPSA) is 107 Å². The highest BCUT2D eigenvalue weighted by molar-refractivity contribution is 6.31. The molecule has 1 aliphatic rings. The summed E-state index contributed by atoms with van der Waals surface area (Å²) in [7, 11) is 1.64. The summed E-state index contributed by atoms with van der Waals surface area (Å²) in [4.78, 5) is 43.1. The van der Waals surface area contributed by atoms with Crippen LogP contribution in [-0.2, 0) is 4.79 Å². The van der Waals surface area contributed by atoms with E-state index in [9.17, 15) is 9.59 Å². The van der Waals surface area contributed by atoms with Crippen molar-refractivity contribution >= 4 is 51.6 Å². The molecule has 1 fully saturated rings. The zero-order valence-electron chi connectivity index (χ0n) is 21.9. The van der Waals surface area contributed by atoms with Gasteiger partial charge in [0, 0.05) is 68.7 Å². The Labute approximate surface area is 231 Å². The Kier molecular flexibility index (Phi) is 7.83. The zero-order chi connectivity index (χ0) is 27.4. The van der Waals surface area contributed by atoms with Gasteiger partial charge in [-0.05, 0) is 42.5 Å². The van der Waals surface area contributed by atoms with Crippen LogP contribution in [0.2, 0.25) is 5.02 Å². The lowest BCUT2D eigenvalue weighted by molar-refractivity contribution is -0.118. The van der Waals surface area contributed by atoms with Gasteiger partial charge in [0.25, 0.3) is 5.91 Å². The number of carbonyl (C=O) groups is 2. The number of amides is 2. The predicted octanol–water partition coefficient (Wildman–Crippen LogP) is 3.86. The first-order chi connectivity index (χ1) is 18.9. The van der Waals surface area contributed by atoms with E-state index in [0.29, 0.717) is 61.3 Å². The second-order valence-corrected chi connectivity index (χ2v) is 9.65. The molecule has 11 heteroatoms. The molecular weight excluding hydrogens is 518 g/mol. The van der Waals surface area contributed by atoms with Crippen LogP contribution < -0.4 is 19.9 Å². The highest BCUT2D eigenvalue weighted by Gasteiger charge is 2.25. The van der Waals surface area contributed by atoms with E-state index in [1.807, 2.05) is 58.5 Å². The third kappa shape index (κ3) is 5.75. The summed E-state index contributed by atoms with van der Waals surface area (Å²) in [5, 5.41) is 4.34. The predicted molar refractivity (Wildman–Crippen MR) is 152 cm³/mol. The van der Waals surface area contributed by atoms with Gasteiger partial charge >= 0.3 is 0 Å². The smallest absolute Gasteiger partial charge is 0.254 e. The van der Waals surface area contributed by atoms with Crippen LogP contribution in [0.3, 0.4) is 0 Å². The summed E-state index contributed by atoms with van der Waals surface area (Å²) in [6.45, 7) is 4.84. The van der Waals surface area contributed by atoms with Crippen molar-refractivity contribution in [2.75, 3.05) is 56.2 Å². The molecule has 1 aliphatic heterocycles. The Morgan fingerprint density at radius 2 is 1.92 bits per heavy atom. The summed E-state index contributed by atoms with van der Waals surface area (Å²) >= 11 is 6.23. The van der Waals surface area contributed by atoms with E-state index in [0.717, 1.165) is 22.5 Å². The minimum Gasteiger partial charge on any atom is -0.495 e. The average Bonchev–Trinajstić information content (AvgIpc) is 3.44. The van der Waals surface area contributed by atoms with E-state index in [1.165, 1.54) is 13.3 Å². The van der Waals surface area contributed by atoms with Gasteiger partial charge in [0.2, 0.25) is 5.91 Å². The van der Waals surface area contributed by atoms with Crippen LogP contribution in [0.5, 0.6) is 5.75 Å². The van der Waals surface area contributed by atoms with Crippen molar-refractivity contribution in [3.05, 3.63) is 71.6 Å². The number of rotatable bonds is 8. The van der Waals surface area contributed by atoms with E-state index in [1.54, 1.807) is 13.2 Å². The van der Waals surface area contributed by atoms with Gasteiger partial charge in [-0.25, -0.2) is 9.97 Å². The molecule has 0 saturated carbocycles. The number of ether oxygens (including phenoxy) is 1. The summed E-state index contributed by atoms with van der Waals surface area (Å²) < 4.78 is 5.51. The molecule has 2 aromatic carbocycles. The Balaban J connectivity index is 1.35. The molecule has 10 nitrogen and oxygen atoms in total. The number of halogens is 1. The molecule has 2 amide bonds. The van der Waals surface area contributed by atoms with Gasteiger partial charge in [-0.2, -0.15) is 0 Å². The van der Waals surface area contributed by atoms with Crippen LogP contribution in [0.1, 0.15) is 17.3 Å². The summed E-state index contributed by atoms with van der Waals surface area (Å²) in [5.41, 5.74) is 3.03. The second kappa shape index (κ2) is 11.6. The van der Waals surface area contributed by atoms with Crippen LogP contribution in [0.15, 0.2) is 61.1 Å². The Morgan fingerprint density at radius 1 is 1.10 bits per heavy atom. The SMILES string of the molecule is COc1ccc(Cl)cc1N1CCN(C(=O)c2cccc(N(CCNC(C)=O)c3ncnc4[nH]ccc34)c2)CC1. The molecule has 0 atom stereocenters. The molecule has 4 aromatic rings. The third-order valence-electron chi connectivity index (χ3n) is 6.75. The molecule has 0 aliphatic carbocycles. The van der Waals surface area contributed by atoms with Gasteiger partial charge in [0.05, 0.1) is 18.2 Å². The van der Waals surface area contributed by atoms with Crippen LogP contribution in [0.25, 0.3) is 11.0 Å². The molecule has 0 unspecified atom stereocenters. The number of aromatic amines is 1. The molecule has 3 heterocycles. The van der Waals surface area contributed by atoms with Gasteiger partial charge in [-0.15, -0.1) is 0 Å². The number of hydrogen-bond acceptors (Lipinski definition) is 7. The molecular formula is C28H30ClN7O3. The maximum Gasteiger partial charge on any atom is 0.254 e. The van der Waals surface area contributed by atoms with Crippen molar-refractivity contribution in [3.63, 3.8) is 0 Å². The molecule has 0 spiro atoms. The normalized spacial score (nSPS) is 13.4. The fourth-order valence-electron chi connectivity index (χ4n) is 4.82. The highest BCUT2D eigenvalue weighted by Crippen LogP contribution is 2.33. The lowest BCUT2D eigenvalue weighted by Gasteiger charge is -2.36. The van der Waals surface area contributed by atoms with Crippen molar-refractivity contribution < 1.29 is 14.3 Å². The lowest BCUT2D eigenvalue weighted by Crippen LogP contribution is -2.48. The van der Waals surface area contributed by atoms with Crippen molar-refractivity contribution in [2.24, 2.45) is 0 Å². The summed E-state index contributed by atoms with van der Waals surface area (Å²) in [6, 6.07) is 15.0. The summed E-state index contributed by atoms with van der Waals surface area (Å²) in [6.07, 6.45) is 3.32. The molecule has 39 heavy (non-hydrogen) atoms. The number of nitrogens with zero attached hydrogens (tertiary/aromatic N) is 5. The molecule has 2 N–H and O–H groups in total. The Morgan fingerprint density at radius 3 is 2.69 bits per heavy atom. The van der Waals surface area contributed by atoms with Crippen molar-refractivity contribution in [1.82, 2.24) is 25.2 Å². The number of methoxy groups -OCH3 is 1. The number of anilines is 3. The number of carbonyl (C=O) groups excluding carboxylic acids is 2. The van der Waals surface area contributed by atoms with Crippen LogP contribution in [0.4, 0.5) is 17.2 Å². The lowest BCUT2D eigenvalue weighted by atomic mass is 10.1. The highest BCUT2D eigenvalue weighted by atomic mass is 35.5. The molecule has 0 radical (unpaired) electrons. The number of aromatic nitrogens is 3. The second-order valence-electron chi connectivity index (χ2n) is 9.22. The van der Waals surface area contributed by atoms with E-state index in [2.05, 4.69) is 25.2 Å². The first kappa shape index (κ1) is 26.3. The van der Waals surface area contributed by atoms with Gasteiger partial charge < -0.3 is 29.7 Å². The standard InChI is InChI=1S/C28H30ClN7O3/c1-19(37)30-10-11-36(27-23-8-9-31-26(23)32-18-33-27)22-5-3-4-20(16-22)28(38)35-14-12-34(13-15-35)24-17-21(29)6-7-25(24)39-2/h3-9,16-18H,10-15H2,1-2H3,(H,30,37)(H,31,32,33). The van der Waals surface area contributed by atoms with Crippen molar-refractivity contribution in [3.8, 4) is 5.75 Å². The molecule has 5 rings (SSSR count). The van der Waals surface area contributed by atoms with Gasteiger partial charge in [-0.3, -0.25) is 9.59 Å². The van der Waals surface area contributed by atoms with E-state index in [-0.39, 0.29) is 11.8 Å². The molecule has 202 valence electrons. The van der Waals surface area contributed by atoms with E-state index >= 15 is 0 Å². The van der Waals surface area contributed by atoms with Crippen LogP contribution in [0, 0.1) is 0 Å². The largest absolute Gasteiger partial charge is 0.495 e. The number of piperazine rings is 1. The van der Waals surface area contributed by atoms with Gasteiger partial charge in [-0.1, -0.05) is 17.7 Å². The van der Waals surface area contributed by atoms with Crippen LogP contribution in [-0.4, -0.2) is 78.0 Å². The van der Waals surface area contributed by atoms with Gasteiger partial charge in [0.1, 0.15) is 23.5 Å². The number of fused-ring (bicyclic) bond motifs is 1. The monoisotopic (exact) mass is 547 g/mol. The minimum atomic E-state index is -0.108. The van der Waals surface area contributed by atoms with Crippen molar-refractivity contribution in [1.29, 1.82) is 0 Å². The quantitative estimate of drug-likeness (QED) is 0.345. The minimum absolute atomic E-state index is 0.0363. The number of benzene rings is 2. The maximum atomic E-state index is 13.6. The third-order valence-corrected chi connectivity index (χ3v) is 6.99. The fraction of sp³-hybridized carbons (Fsp3) is 0.286. The average molecular weight is 548 g/mol. The van der Waals surface area contributed by atoms with Crippen LogP contribution >= 0.6 is 11.6 Å². The van der Waals surface area contributed by atoms with Gasteiger partial charge in [0.15, 0.2) is 0 Å². The van der Waals surface area contributed by atoms with E-state index in [4.69, 9.17) is 16.3 Å². The first-order valence-electron chi connectivity index (χ1n) is 12.7. The zero-order valence-corrected chi connectivity index (χ0v) is 22.6. The molecule has 1 saturated heterocycles. The van der Waals surface area contributed by atoms with Crippen molar-refractivity contribution in [2.45, 2.75) is 6.92 Å². The molecule has 0 bridgehead atoms. The first-order valence-corrected chi connectivity index (χ1v) is 13.1. The Bertz CT molecular complexity index is 1480. The number of hydrogen-bond donors (Lipinski definition) is 2. The number of nitrogens with one attached hydrogen (secondary N) is 2. The Hall–Kier alpha value is -4.31. The molecule has 2 aromatic heterocycles. The number of H-pyrrole nitrogens is 1. The summed E-state index contributed by atoms with van der Waals surface area (Å²) in [5.74, 6) is 1.31.